The Labute approximate surface area is 112 Å². The van der Waals surface area contributed by atoms with E-state index in [0.717, 1.165) is 5.75 Å². The third-order valence-electron chi connectivity index (χ3n) is 1.55. The Morgan fingerprint density at radius 2 is 1.85 bits per heavy atom. The van der Waals surface area contributed by atoms with Crippen LogP contribution in [0.4, 0.5) is 0 Å². The molecule has 0 bridgehead atoms. The van der Waals surface area contributed by atoms with Crippen molar-refractivity contribution in [2.75, 3.05) is 6.61 Å². The van der Waals surface area contributed by atoms with Crippen molar-refractivity contribution in [3.8, 4) is 5.75 Å². The molecule has 0 aromatic heterocycles. The molecule has 1 aliphatic rings. The average molecular weight is 396 g/mol. The Morgan fingerprint density at radius 3 is 2.54 bits per heavy atom. The van der Waals surface area contributed by atoms with Crippen LogP contribution in [-0.4, -0.2) is 60.4 Å². The Hall–Kier alpha value is 0.337. The van der Waals surface area contributed by atoms with Crippen molar-refractivity contribution < 1.29 is 10.2 Å². The van der Waals surface area contributed by atoms with Gasteiger partial charge in [-0.3, -0.25) is 0 Å². The molecule has 0 fully saturated rings. The van der Waals surface area contributed by atoms with Crippen LogP contribution in [0.15, 0.2) is 30.3 Å². The summed E-state index contributed by atoms with van der Waals surface area (Å²) in [6, 6.07) is 8.03. The number of benzene rings is 1. The van der Waals surface area contributed by atoms with E-state index in [1.165, 1.54) is 5.56 Å². The number of hydrogen-bond acceptors (Lipinski definition) is 1. The molecule has 1 aromatic rings. The summed E-state index contributed by atoms with van der Waals surface area (Å²) in [6.07, 6.45) is 4.10. The van der Waals surface area contributed by atoms with Crippen LogP contribution >= 0.6 is 0 Å². The molecule has 0 aliphatic carbocycles. The van der Waals surface area contributed by atoms with Gasteiger partial charge in [-0.05, 0) is 12.1 Å². The van der Waals surface area contributed by atoms with Gasteiger partial charge in [0.05, 0.1) is 0 Å². The summed E-state index contributed by atoms with van der Waals surface area (Å²) < 4.78 is 5.34. The molecule has 1 aliphatic heterocycles. The van der Waals surface area contributed by atoms with Crippen LogP contribution in [0.1, 0.15) is 5.56 Å². The second kappa shape index (κ2) is 7.71. The number of fused-ring (bicyclic) bond motifs is 1. The van der Waals surface area contributed by atoms with Crippen LogP contribution < -0.4 is 4.74 Å². The summed E-state index contributed by atoms with van der Waals surface area (Å²) in [4.78, 5) is 0. The topological polar surface area (TPSA) is 40.7 Å². The van der Waals surface area contributed by atoms with Gasteiger partial charge in [0.25, 0.3) is 0 Å². The van der Waals surface area contributed by atoms with Gasteiger partial charge in [0.1, 0.15) is 12.4 Å². The van der Waals surface area contributed by atoms with E-state index in [9.17, 15) is 0 Å². The molecule has 2 N–H and O–H groups in total. The van der Waals surface area contributed by atoms with Crippen LogP contribution in [0.25, 0.3) is 6.08 Å². The van der Waals surface area contributed by atoms with Gasteiger partial charge in [0.2, 0.25) is 0 Å². The summed E-state index contributed by atoms with van der Waals surface area (Å²) in [5.41, 5.74) is 1.17. The van der Waals surface area contributed by atoms with Crippen molar-refractivity contribution in [1.29, 1.82) is 0 Å². The Kier molecular flexibility index (Phi) is 9.37. The first kappa shape index (κ1) is 15.8. The van der Waals surface area contributed by atoms with E-state index in [0.29, 0.717) is 6.61 Å². The molecule has 2 rings (SSSR count). The summed E-state index contributed by atoms with van der Waals surface area (Å²) in [5, 5.41) is 0. The monoisotopic (exact) mass is 396 g/mol. The third-order valence-corrected chi connectivity index (χ3v) is 1.55. The zero-order chi connectivity index (χ0) is 6.81. The molecule has 0 atom stereocenters. The number of rotatable bonds is 0. The molecule has 13 heavy (non-hydrogen) atoms. The zero-order valence-corrected chi connectivity index (χ0v) is 15.6. The van der Waals surface area contributed by atoms with Crippen LogP contribution in [0.3, 0.4) is 0 Å². The summed E-state index contributed by atoms with van der Waals surface area (Å²) in [7, 11) is 0. The van der Waals surface area contributed by atoms with Gasteiger partial charge >= 0.3 is 48.3 Å². The van der Waals surface area contributed by atoms with Crippen LogP contribution in [0.5, 0.6) is 5.75 Å². The van der Waals surface area contributed by atoms with Gasteiger partial charge in [-0.2, -0.15) is 0 Å². The third kappa shape index (κ3) is 3.92. The van der Waals surface area contributed by atoms with Gasteiger partial charge in [-0.25, -0.2) is 0 Å². The number of hydrogen-bond donors (Lipinski definition) is 0. The molecule has 0 amide bonds. The van der Waals surface area contributed by atoms with E-state index in [1.54, 1.807) is 0 Å². The quantitative estimate of drug-likeness (QED) is 0.529. The zero-order valence-electron chi connectivity index (χ0n) is 7.49. The van der Waals surface area contributed by atoms with Crippen LogP contribution in [0.2, 0.25) is 0 Å². The first-order chi connectivity index (χ1) is 4.97. The van der Waals surface area contributed by atoms with Crippen molar-refractivity contribution in [1.82, 2.24) is 0 Å². The van der Waals surface area contributed by atoms with Gasteiger partial charge in [0.15, 0.2) is 0 Å². The molecule has 0 saturated carbocycles. The second-order valence-corrected chi connectivity index (χ2v) is 2.25. The molecule has 0 unspecified atom stereocenters. The summed E-state index contributed by atoms with van der Waals surface area (Å²) in [6.45, 7) is 0.705. The average Bonchev–Trinajstić information content (AvgIpc) is 2.05. The second-order valence-electron chi connectivity index (χ2n) is 2.25. The summed E-state index contributed by atoms with van der Waals surface area (Å²) >= 11 is 0. The molecule has 1 aromatic carbocycles. The molecule has 2 radical (unpaired) electrons. The van der Waals surface area contributed by atoms with Crippen molar-refractivity contribution in [3.05, 3.63) is 35.9 Å². The molecular weight excluding hydrogens is 381 g/mol. The molecule has 0 saturated heterocycles. The van der Waals surface area contributed by atoms with Gasteiger partial charge < -0.3 is 10.2 Å². The fourth-order valence-corrected chi connectivity index (χ4v) is 1.06. The van der Waals surface area contributed by atoms with E-state index >= 15 is 0 Å². The Morgan fingerprint density at radius 1 is 1.15 bits per heavy atom. The van der Waals surface area contributed by atoms with Crippen LogP contribution in [0, 0.1) is 0 Å². The van der Waals surface area contributed by atoms with Crippen molar-refractivity contribution in [3.63, 3.8) is 0 Å². The van der Waals surface area contributed by atoms with E-state index < -0.39 is 0 Å². The molecule has 2 nitrogen and oxygen atoms in total. The minimum atomic E-state index is 0. The van der Waals surface area contributed by atoms with Crippen molar-refractivity contribution in [2.45, 2.75) is 0 Å². The van der Waals surface area contributed by atoms with Gasteiger partial charge in [0, 0.05) is 5.56 Å². The van der Waals surface area contributed by atoms with E-state index in [1.807, 2.05) is 30.3 Å². The van der Waals surface area contributed by atoms with Crippen LogP contribution in [-0.2, 0) is 0 Å². The molecule has 1 heterocycles. The van der Waals surface area contributed by atoms with E-state index in [4.69, 9.17) is 4.74 Å². The fraction of sp³-hybridized carbons (Fsp3) is 0.111. The Bertz CT molecular complexity index is 276. The van der Waals surface area contributed by atoms with Crippen molar-refractivity contribution in [2.24, 2.45) is 0 Å². The predicted molar refractivity (Wildman–Crippen MR) is 63.1 cm³/mol. The number of ether oxygens (including phenoxy) is 1. The normalized spacial score (nSPS) is 10.8. The SMILES string of the molecule is C1=Cc2ccccc2OC1.O.[SbH3].[SnH2]. The standard InChI is InChI=1S/C9H8O.H2O.Sb.Sn.5H/c1-2-6-9-8(4-1)5-3-7-10-9;;;;;;;;/h1-6H,7H2;1H2;;;;;;;. The molecule has 0 spiro atoms. The fourth-order valence-electron chi connectivity index (χ4n) is 1.06. The maximum absolute atomic E-state index is 5.34. The maximum atomic E-state index is 5.34. The van der Waals surface area contributed by atoms with Gasteiger partial charge in [-0.15, -0.1) is 0 Å². The Balaban J connectivity index is 0. The molecule has 72 valence electrons. The predicted octanol–water partition coefficient (Wildman–Crippen LogP) is -0.833. The minimum absolute atomic E-state index is 0. The summed E-state index contributed by atoms with van der Waals surface area (Å²) in [5.74, 6) is 0.991. The first-order valence-electron chi connectivity index (χ1n) is 3.35. The molecular formula is C9H15O2SbSn. The first-order valence-corrected chi connectivity index (χ1v) is 3.35. The van der Waals surface area contributed by atoms with Gasteiger partial charge in [-0.1, -0.05) is 24.3 Å². The van der Waals surface area contributed by atoms with E-state index in [-0.39, 0.29) is 53.8 Å². The molecule has 4 heteroatoms. The van der Waals surface area contributed by atoms with Crippen molar-refractivity contribution >= 4 is 54.4 Å². The number of para-hydroxylation sites is 1. The van der Waals surface area contributed by atoms with E-state index in [2.05, 4.69) is 6.08 Å².